The normalized spacial score (nSPS) is 25.6. The number of hydrogen-bond donors (Lipinski definition) is 1. The highest BCUT2D eigenvalue weighted by atomic mass is 79.9. The zero-order valence-corrected chi connectivity index (χ0v) is 27.3. The van der Waals surface area contributed by atoms with Crippen molar-refractivity contribution in [3.8, 4) is 5.88 Å². The summed E-state index contributed by atoms with van der Waals surface area (Å²) >= 11 is 3.56. The van der Waals surface area contributed by atoms with Crippen molar-refractivity contribution < 1.29 is 28.8 Å². The number of aliphatic hydroxyl groups is 1. The first-order chi connectivity index (χ1) is 21.4. The Morgan fingerprint density at radius 1 is 1.04 bits per heavy atom. The van der Waals surface area contributed by atoms with E-state index in [2.05, 4.69) is 21.1 Å². The van der Waals surface area contributed by atoms with Crippen molar-refractivity contribution in [2.24, 2.45) is 17.8 Å². The van der Waals surface area contributed by atoms with Gasteiger partial charge in [-0.2, -0.15) is 0 Å². The van der Waals surface area contributed by atoms with Gasteiger partial charge >= 0.3 is 0 Å². The van der Waals surface area contributed by atoms with E-state index in [1.54, 1.807) is 0 Å². The van der Waals surface area contributed by atoms with Gasteiger partial charge in [-0.1, -0.05) is 52.3 Å². The van der Waals surface area contributed by atoms with Crippen LogP contribution in [0.25, 0.3) is 10.8 Å². The number of nitrogens with zero attached hydrogens (tertiary/aromatic N) is 3. The number of carbonyl (C=O) groups excluding carboxylic acids is 3. The van der Waals surface area contributed by atoms with Crippen LogP contribution in [0.2, 0.25) is 0 Å². The molecule has 1 heterocycles. The van der Waals surface area contributed by atoms with E-state index in [9.17, 15) is 19.5 Å². The summed E-state index contributed by atoms with van der Waals surface area (Å²) in [4.78, 5) is 47.2. The molecule has 5 unspecified atom stereocenters. The highest BCUT2D eigenvalue weighted by Crippen LogP contribution is 2.56. The number of hydrogen-bond acceptors (Lipinski definition) is 9. The second-order valence-electron chi connectivity index (χ2n) is 12.9. The predicted molar refractivity (Wildman–Crippen MR) is 172 cm³/mol. The van der Waals surface area contributed by atoms with Gasteiger partial charge in [0.2, 0.25) is 5.78 Å². The molecular formula is C35H34BrN3O6. The first kappa shape index (κ1) is 29.8. The molecule has 0 amide bonds. The Hall–Kier alpha value is -3.86. The summed E-state index contributed by atoms with van der Waals surface area (Å²) in [7, 11) is 7.54. The van der Waals surface area contributed by atoms with Crippen molar-refractivity contribution >= 4 is 49.7 Å². The molecule has 5 atom stereocenters. The molecule has 0 radical (unpaired) electrons. The lowest BCUT2D eigenvalue weighted by atomic mass is 9.54. The minimum absolute atomic E-state index is 0.0410. The number of anilines is 1. The fraction of sp³-hybridized carbons (Fsp3) is 0.371. The number of benzene rings is 3. The molecule has 0 aliphatic heterocycles. The first-order valence-corrected chi connectivity index (χ1v) is 15.8. The van der Waals surface area contributed by atoms with Gasteiger partial charge in [0.05, 0.1) is 12.0 Å². The Morgan fingerprint density at radius 2 is 1.78 bits per heavy atom. The van der Waals surface area contributed by atoms with Crippen molar-refractivity contribution in [2.45, 2.75) is 38.0 Å². The average molecular weight is 673 g/mol. The van der Waals surface area contributed by atoms with E-state index < -0.39 is 41.0 Å². The third kappa shape index (κ3) is 4.26. The van der Waals surface area contributed by atoms with Gasteiger partial charge < -0.3 is 19.3 Å². The highest BCUT2D eigenvalue weighted by molar-refractivity contribution is 9.10. The van der Waals surface area contributed by atoms with E-state index in [-0.39, 0.29) is 36.0 Å². The van der Waals surface area contributed by atoms with Crippen molar-refractivity contribution in [1.29, 1.82) is 0 Å². The molecule has 0 saturated heterocycles. The molecule has 7 rings (SSSR count). The third-order valence-electron chi connectivity index (χ3n) is 9.95. The minimum Gasteiger partial charge on any atom is -0.470 e. The number of ketones is 3. The van der Waals surface area contributed by atoms with E-state index in [4.69, 9.17) is 9.26 Å². The summed E-state index contributed by atoms with van der Waals surface area (Å²) in [5, 5.41) is 18.4. The van der Waals surface area contributed by atoms with Crippen molar-refractivity contribution in [3.05, 3.63) is 86.6 Å². The van der Waals surface area contributed by atoms with E-state index in [1.807, 2.05) is 93.4 Å². The molecule has 1 aromatic heterocycles. The molecule has 3 aliphatic carbocycles. The Morgan fingerprint density at radius 3 is 2.47 bits per heavy atom. The number of Topliss-reactive ketones (excluding diaryl/α,β-unsaturated/α-hetero) is 3. The zero-order valence-electron chi connectivity index (χ0n) is 25.8. The number of ether oxygens (including phenoxy) is 1. The van der Waals surface area contributed by atoms with Gasteiger partial charge in [-0.3, -0.25) is 19.3 Å². The third-order valence-corrected chi connectivity index (χ3v) is 10.4. The van der Waals surface area contributed by atoms with Gasteiger partial charge in [0.15, 0.2) is 22.9 Å². The molecule has 3 aliphatic rings. The van der Waals surface area contributed by atoms with Crippen LogP contribution >= 0.6 is 15.9 Å². The molecule has 232 valence electrons. The summed E-state index contributed by atoms with van der Waals surface area (Å²) < 4.78 is 12.6. The fourth-order valence-corrected chi connectivity index (χ4v) is 8.43. The monoisotopic (exact) mass is 671 g/mol. The number of carbonyl (C=O) groups is 3. The van der Waals surface area contributed by atoms with E-state index >= 15 is 0 Å². The van der Waals surface area contributed by atoms with Gasteiger partial charge in [0, 0.05) is 41.1 Å². The van der Waals surface area contributed by atoms with Crippen LogP contribution in [0.1, 0.15) is 55.6 Å². The maximum absolute atomic E-state index is 14.6. The standard InChI is InChI=1S/C35H34BrN3O6/c1-17-22-15-20(36)11-12-21(22)28(38(2)3)23-13-19-14-24-29(39(4)5)31-27(34(37-45-31)44-16-18-9-7-6-8-10-18)33(42)35(24,43)32(41)26(19)30(40)25(17)23/h6-12,15,19,24,26,29,43H,13-14,16H2,1-5H3. The lowest BCUT2D eigenvalue weighted by Crippen LogP contribution is -2.66. The smallest absolute Gasteiger partial charge is 0.265 e. The molecule has 1 fully saturated rings. The van der Waals surface area contributed by atoms with Crippen LogP contribution in [0.5, 0.6) is 5.88 Å². The van der Waals surface area contributed by atoms with E-state index in [1.165, 1.54) is 0 Å². The maximum atomic E-state index is 14.6. The van der Waals surface area contributed by atoms with Gasteiger partial charge in [0.1, 0.15) is 12.2 Å². The molecule has 45 heavy (non-hydrogen) atoms. The minimum atomic E-state index is -2.44. The second kappa shape index (κ2) is 10.6. The van der Waals surface area contributed by atoms with Crippen molar-refractivity contribution in [1.82, 2.24) is 10.1 Å². The Kier molecular flexibility index (Phi) is 7.03. The van der Waals surface area contributed by atoms with Gasteiger partial charge in [-0.25, -0.2) is 0 Å². The molecule has 0 bridgehead atoms. The van der Waals surface area contributed by atoms with Crippen molar-refractivity contribution in [2.75, 3.05) is 33.1 Å². The Bertz CT molecular complexity index is 1900. The lowest BCUT2D eigenvalue weighted by molar-refractivity contribution is -0.153. The number of aryl methyl sites for hydroxylation is 1. The Labute approximate surface area is 269 Å². The molecule has 10 heteroatoms. The summed E-state index contributed by atoms with van der Waals surface area (Å²) in [5.41, 5.74) is 1.51. The maximum Gasteiger partial charge on any atom is 0.265 e. The van der Waals surface area contributed by atoms with Gasteiger partial charge in [-0.05, 0) is 79.1 Å². The molecule has 1 saturated carbocycles. The summed E-state index contributed by atoms with van der Waals surface area (Å²) in [6.07, 6.45) is 0.741. The van der Waals surface area contributed by atoms with Crippen LogP contribution in [0.15, 0.2) is 57.5 Å². The lowest BCUT2D eigenvalue weighted by Gasteiger charge is -2.51. The topological polar surface area (TPSA) is 113 Å². The van der Waals surface area contributed by atoms with Crippen molar-refractivity contribution in [3.63, 3.8) is 0 Å². The summed E-state index contributed by atoms with van der Waals surface area (Å²) in [6, 6.07) is 14.8. The number of fused-ring (bicyclic) bond motifs is 5. The second-order valence-corrected chi connectivity index (χ2v) is 13.8. The van der Waals surface area contributed by atoms with Gasteiger partial charge in [0.25, 0.3) is 5.88 Å². The van der Waals surface area contributed by atoms with Crippen LogP contribution in [-0.4, -0.2) is 66.3 Å². The molecule has 3 aromatic carbocycles. The number of halogens is 1. The SMILES string of the molecule is Cc1c2c(c(N(C)C)c3ccc(Br)cc13)CC1CC3C(N(C)C)c4onc(OCc5ccccc5)c4C(=O)C3(O)C(=O)C1C2=O. The largest absolute Gasteiger partial charge is 0.470 e. The fourth-order valence-electron chi connectivity index (χ4n) is 8.06. The molecule has 4 aromatic rings. The van der Waals surface area contributed by atoms with Crippen LogP contribution < -0.4 is 9.64 Å². The molecule has 9 nitrogen and oxygen atoms in total. The van der Waals surface area contributed by atoms with Crippen LogP contribution in [0, 0.1) is 24.7 Å². The predicted octanol–water partition coefficient (Wildman–Crippen LogP) is 5.33. The molecular weight excluding hydrogens is 638 g/mol. The number of rotatable bonds is 5. The molecule has 0 spiro atoms. The number of aromatic nitrogens is 1. The summed E-state index contributed by atoms with van der Waals surface area (Å²) in [5.74, 6) is -4.12. The van der Waals surface area contributed by atoms with Crippen LogP contribution in [0.3, 0.4) is 0 Å². The van der Waals surface area contributed by atoms with Gasteiger partial charge in [-0.15, -0.1) is 0 Å². The van der Waals surface area contributed by atoms with E-state index in [0.717, 1.165) is 37.6 Å². The zero-order chi connectivity index (χ0) is 31.9. The Balaban J connectivity index is 1.34. The van der Waals surface area contributed by atoms with Crippen LogP contribution in [0.4, 0.5) is 5.69 Å². The highest BCUT2D eigenvalue weighted by Gasteiger charge is 2.67. The quantitative estimate of drug-likeness (QED) is 0.281. The first-order valence-electron chi connectivity index (χ1n) is 15.1. The van der Waals surface area contributed by atoms with Crippen LogP contribution in [-0.2, 0) is 17.8 Å². The molecule has 1 N–H and O–H groups in total. The summed E-state index contributed by atoms with van der Waals surface area (Å²) in [6.45, 7) is 2.02. The van der Waals surface area contributed by atoms with E-state index in [0.29, 0.717) is 12.0 Å². The average Bonchev–Trinajstić information content (AvgIpc) is 3.42.